The molecule has 1 amide bonds. The van der Waals surface area contributed by atoms with E-state index in [2.05, 4.69) is 15.5 Å². The number of ether oxygens (including phenoxy) is 1. The van der Waals surface area contributed by atoms with Gasteiger partial charge in [0, 0.05) is 37.1 Å². The molecule has 0 radical (unpaired) electrons. The fraction of sp³-hybridized carbons (Fsp3) is 0.192. The highest BCUT2D eigenvalue weighted by atomic mass is 35.5. The van der Waals surface area contributed by atoms with Gasteiger partial charge < -0.3 is 14.6 Å². The summed E-state index contributed by atoms with van der Waals surface area (Å²) < 4.78 is 7.21. The van der Waals surface area contributed by atoms with Gasteiger partial charge >= 0.3 is 0 Å². The number of carbonyl (C=O) groups excluding carboxylic acids is 1. The number of rotatable bonds is 10. The number of hydrogen-bond acceptors (Lipinski definition) is 5. The minimum Gasteiger partial charge on any atom is -0.385 e. The molecular weight excluding hydrogens is 468 g/mol. The normalized spacial score (nSPS) is 10.9. The topological polar surface area (TPSA) is 69.0 Å². The Kier molecular flexibility index (Phi) is 8.36. The minimum absolute atomic E-state index is 0.112. The SMILES string of the molecule is COCCCn1c(SCC(=O)Nc2ccccc2-c2ccccc2)nnc1-c1ccccc1Cl. The first-order valence-corrected chi connectivity index (χ1v) is 12.3. The van der Waals surface area contributed by atoms with Gasteiger partial charge in [-0.3, -0.25) is 4.79 Å². The smallest absolute Gasteiger partial charge is 0.234 e. The lowest BCUT2D eigenvalue weighted by Crippen LogP contribution is -2.15. The standard InChI is InChI=1S/C26H25ClN4O2S/c1-33-17-9-16-31-25(21-13-5-7-14-22(21)27)29-30-26(31)34-18-24(32)28-23-15-8-6-12-20(23)19-10-3-2-4-11-19/h2-8,10-15H,9,16-18H2,1H3,(H,28,32). The summed E-state index contributed by atoms with van der Waals surface area (Å²) in [4.78, 5) is 12.8. The van der Waals surface area contributed by atoms with Crippen molar-refractivity contribution >= 4 is 35.0 Å². The van der Waals surface area contributed by atoms with Crippen LogP contribution in [0.4, 0.5) is 5.69 Å². The molecule has 0 saturated carbocycles. The van der Waals surface area contributed by atoms with Crippen LogP contribution in [0.5, 0.6) is 0 Å². The summed E-state index contributed by atoms with van der Waals surface area (Å²) in [6, 6.07) is 25.3. The molecule has 1 aromatic heterocycles. The van der Waals surface area contributed by atoms with Crippen LogP contribution in [0, 0.1) is 0 Å². The molecule has 0 unspecified atom stereocenters. The first-order chi connectivity index (χ1) is 16.7. The molecule has 0 spiro atoms. The first-order valence-electron chi connectivity index (χ1n) is 10.9. The predicted molar refractivity (Wildman–Crippen MR) is 138 cm³/mol. The Morgan fingerprint density at radius 3 is 2.44 bits per heavy atom. The second kappa shape index (κ2) is 11.8. The van der Waals surface area contributed by atoms with Gasteiger partial charge in [-0.05, 0) is 30.2 Å². The van der Waals surface area contributed by atoms with Crippen molar-refractivity contribution in [2.75, 3.05) is 24.8 Å². The predicted octanol–water partition coefficient (Wildman–Crippen LogP) is 6.03. The summed E-state index contributed by atoms with van der Waals surface area (Å²) in [6.45, 7) is 1.27. The van der Waals surface area contributed by atoms with E-state index < -0.39 is 0 Å². The molecule has 0 aliphatic rings. The van der Waals surface area contributed by atoms with E-state index in [0.29, 0.717) is 29.2 Å². The van der Waals surface area contributed by atoms with Crippen LogP contribution in [0.1, 0.15) is 6.42 Å². The van der Waals surface area contributed by atoms with E-state index >= 15 is 0 Å². The molecule has 6 nitrogen and oxygen atoms in total. The third-order valence-electron chi connectivity index (χ3n) is 5.18. The van der Waals surface area contributed by atoms with E-state index in [1.54, 1.807) is 7.11 Å². The Bertz CT molecular complexity index is 1250. The van der Waals surface area contributed by atoms with E-state index in [0.717, 1.165) is 28.8 Å². The molecule has 0 atom stereocenters. The van der Waals surface area contributed by atoms with Crippen molar-refractivity contribution in [3.63, 3.8) is 0 Å². The van der Waals surface area contributed by atoms with Crippen molar-refractivity contribution in [3.05, 3.63) is 83.9 Å². The molecule has 174 valence electrons. The summed E-state index contributed by atoms with van der Waals surface area (Å²) in [5, 5.41) is 13.0. The van der Waals surface area contributed by atoms with Crippen LogP contribution in [0.15, 0.2) is 84.0 Å². The molecule has 3 aromatic carbocycles. The summed E-state index contributed by atoms with van der Waals surface area (Å²) in [5.74, 6) is 0.770. The highest BCUT2D eigenvalue weighted by Crippen LogP contribution is 2.30. The zero-order chi connectivity index (χ0) is 23.8. The minimum atomic E-state index is -0.112. The molecule has 0 saturated heterocycles. The summed E-state index contributed by atoms with van der Waals surface area (Å²) in [5.41, 5.74) is 3.61. The quantitative estimate of drug-likeness (QED) is 0.216. The van der Waals surface area contributed by atoms with E-state index in [1.165, 1.54) is 11.8 Å². The number of benzene rings is 3. The molecule has 34 heavy (non-hydrogen) atoms. The van der Waals surface area contributed by atoms with Crippen LogP contribution in [0.25, 0.3) is 22.5 Å². The zero-order valence-electron chi connectivity index (χ0n) is 18.8. The van der Waals surface area contributed by atoms with Gasteiger partial charge in [0.1, 0.15) is 0 Å². The maximum absolute atomic E-state index is 12.8. The van der Waals surface area contributed by atoms with Crippen molar-refractivity contribution in [1.29, 1.82) is 0 Å². The lowest BCUT2D eigenvalue weighted by Gasteiger charge is -2.12. The van der Waals surface area contributed by atoms with Gasteiger partial charge in [-0.25, -0.2) is 0 Å². The molecule has 0 bridgehead atoms. The number of hydrogen-bond donors (Lipinski definition) is 1. The van der Waals surface area contributed by atoms with Gasteiger partial charge in [-0.1, -0.05) is 84.0 Å². The largest absolute Gasteiger partial charge is 0.385 e. The molecule has 4 aromatic rings. The Morgan fingerprint density at radius 1 is 0.971 bits per heavy atom. The number of thioether (sulfide) groups is 1. The number of amides is 1. The molecule has 0 fully saturated rings. The van der Waals surface area contributed by atoms with Crippen molar-refractivity contribution in [2.45, 2.75) is 18.1 Å². The van der Waals surface area contributed by atoms with Crippen molar-refractivity contribution in [3.8, 4) is 22.5 Å². The number of methoxy groups -OCH3 is 1. The summed E-state index contributed by atoms with van der Waals surface area (Å²) in [6.07, 6.45) is 0.788. The van der Waals surface area contributed by atoms with Gasteiger partial charge in [-0.2, -0.15) is 0 Å². The molecule has 1 heterocycles. The van der Waals surface area contributed by atoms with Gasteiger partial charge in [0.15, 0.2) is 11.0 Å². The Hall–Kier alpha value is -3.13. The Labute approximate surface area is 208 Å². The fourth-order valence-electron chi connectivity index (χ4n) is 3.58. The third kappa shape index (κ3) is 5.86. The van der Waals surface area contributed by atoms with Gasteiger partial charge in [-0.15, -0.1) is 10.2 Å². The lowest BCUT2D eigenvalue weighted by atomic mass is 10.0. The van der Waals surface area contributed by atoms with Gasteiger partial charge in [0.25, 0.3) is 0 Å². The molecule has 8 heteroatoms. The van der Waals surface area contributed by atoms with E-state index in [1.807, 2.05) is 83.4 Å². The average Bonchev–Trinajstić information content (AvgIpc) is 3.26. The maximum Gasteiger partial charge on any atom is 0.234 e. The molecule has 4 rings (SSSR count). The summed E-state index contributed by atoms with van der Waals surface area (Å²) >= 11 is 7.76. The molecule has 1 N–H and O–H groups in total. The van der Waals surface area contributed by atoms with E-state index in [-0.39, 0.29) is 11.7 Å². The van der Waals surface area contributed by atoms with Crippen molar-refractivity contribution in [1.82, 2.24) is 14.8 Å². The number of para-hydroxylation sites is 1. The van der Waals surface area contributed by atoms with E-state index in [4.69, 9.17) is 16.3 Å². The number of carbonyl (C=O) groups is 1. The maximum atomic E-state index is 12.8. The average molecular weight is 493 g/mol. The summed E-state index contributed by atoms with van der Waals surface area (Å²) in [7, 11) is 1.68. The number of nitrogens with zero attached hydrogens (tertiary/aromatic N) is 3. The number of nitrogens with one attached hydrogen (secondary N) is 1. The van der Waals surface area contributed by atoms with Crippen molar-refractivity contribution in [2.24, 2.45) is 0 Å². The number of anilines is 1. The van der Waals surface area contributed by atoms with Gasteiger partial charge in [0.05, 0.1) is 10.8 Å². The van der Waals surface area contributed by atoms with Crippen LogP contribution in [0.2, 0.25) is 5.02 Å². The van der Waals surface area contributed by atoms with Crippen molar-refractivity contribution < 1.29 is 9.53 Å². The monoisotopic (exact) mass is 492 g/mol. The van der Waals surface area contributed by atoms with Crippen LogP contribution < -0.4 is 5.32 Å². The Balaban J connectivity index is 1.50. The van der Waals surface area contributed by atoms with Crippen LogP contribution in [-0.2, 0) is 16.1 Å². The van der Waals surface area contributed by atoms with Gasteiger partial charge in [0.2, 0.25) is 5.91 Å². The third-order valence-corrected chi connectivity index (χ3v) is 6.48. The number of halogens is 1. The van der Waals surface area contributed by atoms with Crippen LogP contribution in [0.3, 0.4) is 0 Å². The van der Waals surface area contributed by atoms with Crippen LogP contribution >= 0.6 is 23.4 Å². The number of aromatic nitrogens is 3. The zero-order valence-corrected chi connectivity index (χ0v) is 20.4. The molecule has 0 aliphatic carbocycles. The second-order valence-corrected chi connectivity index (χ2v) is 8.88. The van der Waals surface area contributed by atoms with Crippen LogP contribution in [-0.4, -0.2) is 40.1 Å². The highest BCUT2D eigenvalue weighted by molar-refractivity contribution is 7.99. The van der Waals surface area contributed by atoms with E-state index in [9.17, 15) is 4.79 Å². The first kappa shape index (κ1) is 24.0. The fourth-order valence-corrected chi connectivity index (χ4v) is 4.57. The Morgan fingerprint density at radius 2 is 1.68 bits per heavy atom. The molecular formula is C26H25ClN4O2S. The lowest BCUT2D eigenvalue weighted by molar-refractivity contribution is -0.113. The molecule has 0 aliphatic heterocycles. The second-order valence-electron chi connectivity index (χ2n) is 7.53. The highest BCUT2D eigenvalue weighted by Gasteiger charge is 2.18.